The van der Waals surface area contributed by atoms with Crippen LogP contribution < -0.4 is 0 Å². The lowest BCUT2D eigenvalue weighted by Gasteiger charge is -2.31. The first-order valence-corrected chi connectivity index (χ1v) is 8.68. The number of nitrogens with zero attached hydrogens (tertiary/aromatic N) is 2. The molecule has 1 amide bonds. The number of piperidine rings is 1. The molecule has 1 saturated heterocycles. The minimum absolute atomic E-state index is 0.102. The maximum atomic E-state index is 12.6. The van der Waals surface area contributed by atoms with Crippen LogP contribution in [0.1, 0.15) is 18.4 Å². The summed E-state index contributed by atoms with van der Waals surface area (Å²) in [6.07, 6.45) is 1.02. The first kappa shape index (κ1) is 16.9. The summed E-state index contributed by atoms with van der Waals surface area (Å²) in [5, 5.41) is 1.20. The molecule has 0 aliphatic carbocycles. The van der Waals surface area contributed by atoms with Gasteiger partial charge in [-0.25, -0.2) is 13.5 Å². The Morgan fingerprint density at radius 3 is 2.27 bits per heavy atom. The molecule has 0 radical (unpaired) electrons. The van der Waals surface area contributed by atoms with E-state index in [-0.39, 0.29) is 11.8 Å². The van der Waals surface area contributed by atoms with Gasteiger partial charge in [0.1, 0.15) is 0 Å². The van der Waals surface area contributed by atoms with Gasteiger partial charge >= 0.3 is 0 Å². The first-order chi connectivity index (χ1) is 10.4. The van der Waals surface area contributed by atoms with E-state index in [1.807, 2.05) is 6.92 Å². The third-order valence-electron chi connectivity index (χ3n) is 4.05. The first-order valence-electron chi connectivity index (χ1n) is 7.24. The number of carbonyl (C=O) groups is 1. The molecule has 0 saturated carbocycles. The molecule has 22 heavy (non-hydrogen) atoms. The Labute approximate surface area is 131 Å². The number of sulfonamides is 1. The summed E-state index contributed by atoms with van der Waals surface area (Å²) in [4.78, 5) is 17.2. The zero-order valence-electron chi connectivity index (χ0n) is 13.2. The van der Waals surface area contributed by atoms with Crippen molar-refractivity contribution in [3.05, 3.63) is 29.8 Å². The van der Waals surface area contributed by atoms with Gasteiger partial charge in [0.05, 0.1) is 12.0 Å². The van der Waals surface area contributed by atoms with Crippen molar-refractivity contribution >= 4 is 15.9 Å². The summed E-state index contributed by atoms with van der Waals surface area (Å²) in [7, 11) is -0.470. The van der Waals surface area contributed by atoms with Crippen LogP contribution in [0, 0.1) is 12.8 Å². The Hall–Kier alpha value is -1.44. The number of hydrogen-bond acceptors (Lipinski definition) is 4. The van der Waals surface area contributed by atoms with Gasteiger partial charge in [-0.3, -0.25) is 9.63 Å². The van der Waals surface area contributed by atoms with Crippen LogP contribution in [-0.2, 0) is 19.7 Å². The molecule has 1 aromatic carbocycles. The van der Waals surface area contributed by atoms with Crippen molar-refractivity contribution in [1.29, 1.82) is 0 Å². The van der Waals surface area contributed by atoms with E-state index in [0.717, 1.165) is 5.56 Å². The third kappa shape index (κ3) is 3.48. The molecule has 0 spiro atoms. The van der Waals surface area contributed by atoms with Crippen molar-refractivity contribution in [2.24, 2.45) is 5.92 Å². The highest BCUT2D eigenvalue weighted by atomic mass is 32.2. The second kappa shape index (κ2) is 6.76. The van der Waals surface area contributed by atoms with Crippen LogP contribution in [0.2, 0.25) is 0 Å². The van der Waals surface area contributed by atoms with Gasteiger partial charge in [0.15, 0.2) is 0 Å². The normalized spacial score (nSPS) is 17.4. The zero-order valence-corrected chi connectivity index (χ0v) is 14.0. The molecule has 0 atom stereocenters. The lowest BCUT2D eigenvalue weighted by atomic mass is 9.97. The Morgan fingerprint density at radius 2 is 1.77 bits per heavy atom. The molecule has 122 valence electrons. The predicted octanol–water partition coefficient (Wildman–Crippen LogP) is 1.42. The topological polar surface area (TPSA) is 66.9 Å². The van der Waals surface area contributed by atoms with Gasteiger partial charge in [-0.1, -0.05) is 17.7 Å². The number of hydrogen-bond donors (Lipinski definition) is 0. The molecule has 1 aromatic rings. The van der Waals surface area contributed by atoms with Crippen molar-refractivity contribution in [3.63, 3.8) is 0 Å². The molecule has 0 bridgehead atoms. The molecule has 1 fully saturated rings. The highest BCUT2D eigenvalue weighted by molar-refractivity contribution is 7.89. The van der Waals surface area contributed by atoms with Crippen molar-refractivity contribution in [3.8, 4) is 0 Å². The van der Waals surface area contributed by atoms with E-state index in [2.05, 4.69) is 0 Å². The van der Waals surface area contributed by atoms with Gasteiger partial charge in [-0.05, 0) is 31.9 Å². The number of amides is 1. The summed E-state index contributed by atoms with van der Waals surface area (Å²) in [6.45, 7) is 2.62. The average molecular weight is 326 g/mol. The molecule has 2 rings (SSSR count). The van der Waals surface area contributed by atoms with Crippen molar-refractivity contribution < 1.29 is 18.0 Å². The molecular formula is C15H22N2O4S. The Bertz CT molecular complexity index is 619. The third-order valence-corrected chi connectivity index (χ3v) is 5.96. The van der Waals surface area contributed by atoms with E-state index >= 15 is 0 Å². The molecule has 1 aliphatic rings. The van der Waals surface area contributed by atoms with Crippen LogP contribution in [0.4, 0.5) is 0 Å². The minimum atomic E-state index is -3.48. The summed E-state index contributed by atoms with van der Waals surface area (Å²) in [6, 6.07) is 6.83. The molecule has 1 aliphatic heterocycles. The van der Waals surface area contributed by atoms with Crippen LogP contribution >= 0.6 is 0 Å². The number of rotatable bonds is 4. The van der Waals surface area contributed by atoms with Crippen molar-refractivity contribution in [1.82, 2.24) is 9.37 Å². The van der Waals surface area contributed by atoms with Gasteiger partial charge in [-0.15, -0.1) is 0 Å². The van der Waals surface area contributed by atoms with Crippen LogP contribution in [0.15, 0.2) is 29.2 Å². The number of aryl methyl sites for hydroxylation is 1. The van der Waals surface area contributed by atoms with Gasteiger partial charge in [0.25, 0.3) is 0 Å². The van der Waals surface area contributed by atoms with Crippen molar-refractivity contribution in [2.75, 3.05) is 27.2 Å². The second-order valence-corrected chi connectivity index (χ2v) is 7.45. The minimum Gasteiger partial charge on any atom is -0.275 e. The number of hydroxylamine groups is 2. The van der Waals surface area contributed by atoms with E-state index < -0.39 is 10.0 Å². The second-order valence-electron chi connectivity index (χ2n) is 5.51. The van der Waals surface area contributed by atoms with Gasteiger partial charge in [0, 0.05) is 26.1 Å². The van der Waals surface area contributed by atoms with Gasteiger partial charge in [0.2, 0.25) is 15.9 Å². The molecular weight excluding hydrogens is 304 g/mol. The standard InChI is InChI=1S/C15H22N2O4S/c1-12-4-6-14(7-5-12)22(19,20)17-10-8-13(9-11-17)15(18)16(2)21-3/h4-7,13H,8-11H2,1-3H3. The van der Waals surface area contributed by atoms with E-state index in [1.165, 1.54) is 16.5 Å². The van der Waals surface area contributed by atoms with E-state index in [4.69, 9.17) is 4.84 Å². The van der Waals surface area contributed by atoms with Gasteiger partial charge < -0.3 is 0 Å². The monoisotopic (exact) mass is 326 g/mol. The summed E-state index contributed by atoms with van der Waals surface area (Å²) in [5.74, 6) is -0.288. The lowest BCUT2D eigenvalue weighted by molar-refractivity contribution is -0.174. The van der Waals surface area contributed by atoms with Crippen LogP contribution in [0.25, 0.3) is 0 Å². The quantitative estimate of drug-likeness (QED) is 0.785. The largest absolute Gasteiger partial charge is 0.275 e. The lowest BCUT2D eigenvalue weighted by Crippen LogP contribution is -2.43. The highest BCUT2D eigenvalue weighted by Gasteiger charge is 2.33. The Morgan fingerprint density at radius 1 is 1.23 bits per heavy atom. The van der Waals surface area contributed by atoms with E-state index in [0.29, 0.717) is 30.8 Å². The summed E-state index contributed by atoms with van der Waals surface area (Å²) < 4.78 is 26.6. The molecule has 6 nitrogen and oxygen atoms in total. The average Bonchev–Trinajstić information content (AvgIpc) is 2.54. The maximum Gasteiger partial charge on any atom is 0.249 e. The highest BCUT2D eigenvalue weighted by Crippen LogP contribution is 2.25. The summed E-state index contributed by atoms with van der Waals surface area (Å²) >= 11 is 0. The van der Waals surface area contributed by atoms with Crippen LogP contribution in [0.3, 0.4) is 0 Å². The molecule has 1 heterocycles. The fraction of sp³-hybridized carbons (Fsp3) is 0.533. The molecule has 7 heteroatoms. The van der Waals surface area contributed by atoms with Gasteiger partial charge in [-0.2, -0.15) is 4.31 Å². The number of benzene rings is 1. The molecule has 0 unspecified atom stereocenters. The smallest absolute Gasteiger partial charge is 0.249 e. The maximum absolute atomic E-state index is 12.6. The van der Waals surface area contributed by atoms with E-state index in [1.54, 1.807) is 31.3 Å². The molecule has 0 N–H and O–H groups in total. The van der Waals surface area contributed by atoms with Crippen LogP contribution in [0.5, 0.6) is 0 Å². The Balaban J connectivity index is 2.05. The fourth-order valence-corrected chi connectivity index (χ4v) is 4.02. The summed E-state index contributed by atoms with van der Waals surface area (Å²) in [5.41, 5.74) is 1.02. The Kier molecular flexibility index (Phi) is 5.20. The van der Waals surface area contributed by atoms with E-state index in [9.17, 15) is 13.2 Å². The SMILES string of the molecule is CON(C)C(=O)C1CCN(S(=O)(=O)c2ccc(C)cc2)CC1. The predicted molar refractivity (Wildman–Crippen MR) is 82.4 cm³/mol. The fourth-order valence-electron chi connectivity index (χ4n) is 2.55. The number of carbonyl (C=O) groups excluding carboxylic acids is 1. The zero-order chi connectivity index (χ0) is 16.3. The van der Waals surface area contributed by atoms with Crippen molar-refractivity contribution in [2.45, 2.75) is 24.7 Å². The van der Waals surface area contributed by atoms with Crippen LogP contribution in [-0.4, -0.2) is 50.9 Å². The molecule has 0 aromatic heterocycles.